The van der Waals surface area contributed by atoms with Crippen molar-refractivity contribution in [2.24, 2.45) is 0 Å². The average molecular weight is 266 g/mol. The van der Waals surface area contributed by atoms with Crippen molar-refractivity contribution >= 4 is 0 Å². The average Bonchev–Trinajstić information content (AvgIpc) is 2.27. The molecule has 18 heavy (non-hydrogen) atoms. The van der Waals surface area contributed by atoms with E-state index in [1.807, 2.05) is 4.98 Å². The molecule has 0 saturated carbocycles. The van der Waals surface area contributed by atoms with Gasteiger partial charge in [0.25, 0.3) is 5.56 Å². The van der Waals surface area contributed by atoms with E-state index in [2.05, 4.69) is 5.32 Å². The van der Waals surface area contributed by atoms with Gasteiger partial charge in [0.2, 0.25) is 0 Å². The molecule has 0 aromatic carbocycles. The van der Waals surface area contributed by atoms with E-state index in [0.717, 1.165) is 0 Å². The lowest BCUT2D eigenvalue weighted by Gasteiger charge is -2.18. The predicted octanol–water partition coefficient (Wildman–Crippen LogP) is 0.00740. The molecule has 0 fully saturated rings. The first-order valence-electron chi connectivity index (χ1n) is 5.08. The molecule has 0 bridgehead atoms. The van der Waals surface area contributed by atoms with Gasteiger partial charge in [-0.3, -0.25) is 4.79 Å². The summed E-state index contributed by atoms with van der Waals surface area (Å²) in [5.41, 5.74) is -2.48. The maximum absolute atomic E-state index is 12.4. The van der Waals surface area contributed by atoms with Gasteiger partial charge in [-0.1, -0.05) is 0 Å². The zero-order valence-corrected chi connectivity index (χ0v) is 9.45. The molecule has 8 heteroatoms. The van der Waals surface area contributed by atoms with Gasteiger partial charge < -0.3 is 20.5 Å². The molecule has 0 aliphatic rings. The zero-order chi connectivity index (χ0) is 13.9. The number of H-pyrrole nitrogens is 1. The number of likely N-dealkylation sites (N-methyl/N-ethyl adjacent to an activating group) is 1. The molecule has 102 valence electrons. The Hall–Kier alpha value is -1.38. The molecule has 0 amide bonds. The molecular formula is C10H13F3N2O3. The van der Waals surface area contributed by atoms with Gasteiger partial charge in [0.15, 0.2) is 0 Å². The molecule has 0 aliphatic heterocycles. The quantitative estimate of drug-likeness (QED) is 0.618. The summed E-state index contributed by atoms with van der Waals surface area (Å²) in [6.07, 6.45) is -7.18. The van der Waals surface area contributed by atoms with Crippen molar-refractivity contribution in [3.05, 3.63) is 33.7 Å². The van der Waals surface area contributed by atoms with Crippen LogP contribution in [0.1, 0.15) is 17.2 Å². The molecule has 2 unspecified atom stereocenters. The Labute approximate surface area is 100 Å². The lowest BCUT2D eigenvalue weighted by molar-refractivity contribution is -0.138. The summed E-state index contributed by atoms with van der Waals surface area (Å²) in [4.78, 5) is 13.2. The minimum Gasteiger partial charge on any atom is -0.389 e. The zero-order valence-electron chi connectivity index (χ0n) is 9.45. The molecule has 5 nitrogen and oxygen atoms in total. The number of aromatic amines is 1. The van der Waals surface area contributed by atoms with Gasteiger partial charge in [-0.2, -0.15) is 13.2 Å². The summed E-state index contributed by atoms with van der Waals surface area (Å²) < 4.78 is 37.3. The molecule has 1 heterocycles. The molecule has 4 N–H and O–H groups in total. The summed E-state index contributed by atoms with van der Waals surface area (Å²) in [5.74, 6) is 0. The van der Waals surface area contributed by atoms with Crippen LogP contribution in [0.5, 0.6) is 0 Å². The highest BCUT2D eigenvalue weighted by molar-refractivity contribution is 5.23. The Morgan fingerprint density at radius 3 is 2.56 bits per heavy atom. The standard InChI is InChI=1S/C10H13F3N2O3/c1-14-4-7(16)8(17)6-2-5(10(11,12)13)3-15-9(6)18/h2-3,7-8,14,16-17H,4H2,1H3,(H,15,18). The van der Waals surface area contributed by atoms with Gasteiger partial charge in [-0.15, -0.1) is 0 Å². The highest BCUT2D eigenvalue weighted by Crippen LogP contribution is 2.29. The van der Waals surface area contributed by atoms with Crippen LogP contribution in [-0.4, -0.2) is 34.9 Å². The fraction of sp³-hybridized carbons (Fsp3) is 0.500. The van der Waals surface area contributed by atoms with Gasteiger partial charge in [0.1, 0.15) is 6.10 Å². The molecule has 0 saturated heterocycles. The van der Waals surface area contributed by atoms with Crippen molar-refractivity contribution in [3.8, 4) is 0 Å². The second kappa shape index (κ2) is 5.51. The number of hydrogen-bond acceptors (Lipinski definition) is 4. The van der Waals surface area contributed by atoms with E-state index in [9.17, 15) is 28.2 Å². The predicted molar refractivity (Wildman–Crippen MR) is 57.0 cm³/mol. The largest absolute Gasteiger partial charge is 0.417 e. The summed E-state index contributed by atoms with van der Waals surface area (Å²) in [6.45, 7) is -0.0587. The highest BCUT2D eigenvalue weighted by Gasteiger charge is 2.32. The Morgan fingerprint density at radius 1 is 1.44 bits per heavy atom. The second-order valence-electron chi connectivity index (χ2n) is 3.74. The van der Waals surface area contributed by atoms with Crippen molar-refractivity contribution in [1.82, 2.24) is 10.3 Å². The van der Waals surface area contributed by atoms with Gasteiger partial charge in [-0.25, -0.2) is 0 Å². The lowest BCUT2D eigenvalue weighted by atomic mass is 10.0. The third-order valence-corrected chi connectivity index (χ3v) is 2.36. The van der Waals surface area contributed by atoms with Gasteiger partial charge in [0, 0.05) is 18.3 Å². The van der Waals surface area contributed by atoms with Crippen LogP contribution in [0.25, 0.3) is 0 Å². The van der Waals surface area contributed by atoms with Crippen LogP contribution >= 0.6 is 0 Å². The van der Waals surface area contributed by atoms with Crippen molar-refractivity contribution in [2.75, 3.05) is 13.6 Å². The SMILES string of the molecule is CNCC(O)C(O)c1cc(C(F)(F)F)c[nH]c1=O. The Bertz CT molecular complexity index is 458. The topological polar surface area (TPSA) is 85.3 Å². The monoisotopic (exact) mass is 266 g/mol. The van der Waals surface area contributed by atoms with Crippen LogP contribution < -0.4 is 10.9 Å². The van der Waals surface area contributed by atoms with Gasteiger partial charge in [0.05, 0.1) is 11.7 Å². The normalized spacial score (nSPS) is 15.4. The van der Waals surface area contributed by atoms with E-state index in [0.29, 0.717) is 12.3 Å². The molecule has 0 spiro atoms. The third-order valence-electron chi connectivity index (χ3n) is 2.36. The minimum absolute atomic E-state index is 0.0587. The number of aliphatic hydroxyl groups is 2. The first-order valence-corrected chi connectivity index (χ1v) is 5.08. The van der Waals surface area contributed by atoms with Crippen LogP contribution in [-0.2, 0) is 6.18 Å². The van der Waals surface area contributed by atoms with Gasteiger partial charge in [-0.05, 0) is 13.1 Å². The van der Waals surface area contributed by atoms with Gasteiger partial charge >= 0.3 is 6.18 Å². The number of halogens is 3. The van der Waals surface area contributed by atoms with Crippen molar-refractivity contribution < 1.29 is 23.4 Å². The maximum Gasteiger partial charge on any atom is 0.417 e. The van der Waals surface area contributed by atoms with Crippen LogP contribution in [0.4, 0.5) is 13.2 Å². The molecular weight excluding hydrogens is 253 g/mol. The highest BCUT2D eigenvalue weighted by atomic mass is 19.4. The second-order valence-corrected chi connectivity index (χ2v) is 3.74. The first kappa shape index (κ1) is 14.7. The Balaban J connectivity index is 3.12. The summed E-state index contributed by atoms with van der Waals surface area (Å²) in [7, 11) is 1.49. The molecule has 1 rings (SSSR count). The Kier molecular flexibility index (Phi) is 4.49. The molecule has 1 aromatic heterocycles. The Morgan fingerprint density at radius 2 is 2.06 bits per heavy atom. The van der Waals surface area contributed by atoms with Crippen LogP contribution in [0.3, 0.4) is 0 Å². The molecule has 1 aromatic rings. The number of aliphatic hydroxyl groups excluding tert-OH is 2. The summed E-state index contributed by atoms with van der Waals surface area (Å²) >= 11 is 0. The van der Waals surface area contributed by atoms with E-state index in [1.54, 1.807) is 0 Å². The third kappa shape index (κ3) is 3.31. The van der Waals surface area contributed by atoms with E-state index in [1.165, 1.54) is 7.05 Å². The molecule has 0 radical (unpaired) electrons. The van der Waals surface area contributed by atoms with Crippen molar-refractivity contribution in [2.45, 2.75) is 18.4 Å². The fourth-order valence-electron chi connectivity index (χ4n) is 1.41. The number of aromatic nitrogens is 1. The van der Waals surface area contributed by atoms with Crippen LogP contribution in [0, 0.1) is 0 Å². The summed E-state index contributed by atoms with van der Waals surface area (Å²) in [5, 5.41) is 21.6. The van der Waals surface area contributed by atoms with Crippen molar-refractivity contribution in [1.29, 1.82) is 0 Å². The maximum atomic E-state index is 12.4. The smallest absolute Gasteiger partial charge is 0.389 e. The number of pyridine rings is 1. The fourth-order valence-corrected chi connectivity index (χ4v) is 1.41. The van der Waals surface area contributed by atoms with E-state index < -0.39 is 35.1 Å². The number of alkyl halides is 3. The first-order chi connectivity index (χ1) is 8.27. The molecule has 2 atom stereocenters. The van der Waals surface area contributed by atoms with Crippen LogP contribution in [0.2, 0.25) is 0 Å². The minimum atomic E-state index is -4.63. The number of hydrogen-bond donors (Lipinski definition) is 4. The molecule has 0 aliphatic carbocycles. The number of nitrogens with one attached hydrogen (secondary N) is 2. The number of rotatable bonds is 4. The van der Waals surface area contributed by atoms with Crippen LogP contribution in [0.15, 0.2) is 17.1 Å². The summed E-state index contributed by atoms with van der Waals surface area (Å²) in [6, 6.07) is 0.530. The van der Waals surface area contributed by atoms with E-state index in [-0.39, 0.29) is 6.54 Å². The van der Waals surface area contributed by atoms with E-state index in [4.69, 9.17) is 0 Å². The van der Waals surface area contributed by atoms with Crippen molar-refractivity contribution in [3.63, 3.8) is 0 Å². The van der Waals surface area contributed by atoms with E-state index >= 15 is 0 Å². The lowest BCUT2D eigenvalue weighted by Crippen LogP contribution is -2.33.